The van der Waals surface area contributed by atoms with Gasteiger partial charge in [-0.2, -0.15) is 0 Å². The van der Waals surface area contributed by atoms with Gasteiger partial charge in [0.1, 0.15) is 5.82 Å². The molecule has 1 aromatic rings. The lowest BCUT2D eigenvalue weighted by molar-refractivity contribution is 0.194. The topological polar surface area (TPSA) is 21.3 Å². The van der Waals surface area contributed by atoms with Gasteiger partial charge < -0.3 is 10.1 Å². The van der Waals surface area contributed by atoms with E-state index in [2.05, 4.69) is 5.32 Å². The van der Waals surface area contributed by atoms with Crippen LogP contribution in [0.15, 0.2) is 24.3 Å². The standard InChI is InChI=1S/C12H18FNO/c1-15-10-2-8-14-9-7-11-3-5-12(13)6-4-11/h3-6,14H,2,7-10H2,1H3. The van der Waals surface area contributed by atoms with Gasteiger partial charge in [-0.05, 0) is 43.6 Å². The second-order valence-electron chi connectivity index (χ2n) is 3.47. The first kappa shape index (κ1) is 12.1. The molecule has 1 aromatic carbocycles. The molecule has 0 aliphatic heterocycles. The summed E-state index contributed by atoms with van der Waals surface area (Å²) in [6.45, 7) is 2.69. The van der Waals surface area contributed by atoms with E-state index >= 15 is 0 Å². The van der Waals surface area contributed by atoms with Crippen LogP contribution < -0.4 is 5.32 Å². The van der Waals surface area contributed by atoms with Gasteiger partial charge in [-0.25, -0.2) is 4.39 Å². The van der Waals surface area contributed by atoms with Crippen LogP contribution in [-0.2, 0) is 11.2 Å². The van der Waals surface area contributed by atoms with Gasteiger partial charge in [0.2, 0.25) is 0 Å². The molecule has 84 valence electrons. The predicted molar refractivity (Wildman–Crippen MR) is 59.5 cm³/mol. The lowest BCUT2D eigenvalue weighted by Gasteiger charge is -2.04. The average molecular weight is 211 g/mol. The maximum absolute atomic E-state index is 12.6. The van der Waals surface area contributed by atoms with Gasteiger partial charge in [-0.1, -0.05) is 12.1 Å². The monoisotopic (exact) mass is 211 g/mol. The van der Waals surface area contributed by atoms with Crippen molar-refractivity contribution in [2.24, 2.45) is 0 Å². The van der Waals surface area contributed by atoms with Gasteiger partial charge in [0.05, 0.1) is 0 Å². The molecule has 0 fully saturated rings. The molecule has 2 nitrogen and oxygen atoms in total. The maximum atomic E-state index is 12.6. The summed E-state index contributed by atoms with van der Waals surface area (Å²) in [5.74, 6) is -0.174. The summed E-state index contributed by atoms with van der Waals surface area (Å²) in [4.78, 5) is 0. The number of ether oxygens (including phenoxy) is 1. The van der Waals surface area contributed by atoms with E-state index in [1.807, 2.05) is 12.1 Å². The van der Waals surface area contributed by atoms with Crippen LogP contribution in [0.5, 0.6) is 0 Å². The Balaban J connectivity index is 2.07. The first-order chi connectivity index (χ1) is 7.33. The van der Waals surface area contributed by atoms with Crippen LogP contribution in [0.25, 0.3) is 0 Å². The molecule has 0 heterocycles. The summed E-state index contributed by atoms with van der Waals surface area (Å²) >= 11 is 0. The summed E-state index contributed by atoms with van der Waals surface area (Å²) in [7, 11) is 1.71. The molecule has 0 amide bonds. The lowest BCUT2D eigenvalue weighted by Crippen LogP contribution is -2.19. The average Bonchev–Trinajstić information content (AvgIpc) is 2.26. The Morgan fingerprint density at radius 1 is 1.20 bits per heavy atom. The fourth-order valence-electron chi connectivity index (χ4n) is 1.35. The highest BCUT2D eigenvalue weighted by molar-refractivity contribution is 5.16. The summed E-state index contributed by atoms with van der Waals surface area (Å²) in [5.41, 5.74) is 1.16. The molecular weight excluding hydrogens is 193 g/mol. The molecule has 0 spiro atoms. The van der Waals surface area contributed by atoms with Crippen molar-refractivity contribution in [3.05, 3.63) is 35.6 Å². The van der Waals surface area contributed by atoms with E-state index in [1.54, 1.807) is 7.11 Å². The largest absolute Gasteiger partial charge is 0.385 e. The third-order valence-corrected chi connectivity index (χ3v) is 2.21. The summed E-state index contributed by atoms with van der Waals surface area (Å²) in [6, 6.07) is 6.65. The zero-order chi connectivity index (χ0) is 10.9. The minimum Gasteiger partial charge on any atom is -0.385 e. The quantitative estimate of drug-likeness (QED) is 0.696. The van der Waals surface area contributed by atoms with Gasteiger partial charge in [0.15, 0.2) is 0 Å². The lowest BCUT2D eigenvalue weighted by atomic mass is 10.1. The smallest absolute Gasteiger partial charge is 0.123 e. The minimum absolute atomic E-state index is 0.174. The number of methoxy groups -OCH3 is 1. The van der Waals surface area contributed by atoms with Gasteiger partial charge in [-0.3, -0.25) is 0 Å². The Morgan fingerprint density at radius 3 is 2.60 bits per heavy atom. The molecule has 0 aliphatic rings. The van der Waals surface area contributed by atoms with Gasteiger partial charge in [0.25, 0.3) is 0 Å². The van der Waals surface area contributed by atoms with Crippen molar-refractivity contribution in [2.45, 2.75) is 12.8 Å². The normalized spacial score (nSPS) is 10.5. The van der Waals surface area contributed by atoms with Crippen molar-refractivity contribution in [2.75, 3.05) is 26.8 Å². The Hall–Kier alpha value is -0.930. The molecule has 15 heavy (non-hydrogen) atoms. The summed E-state index contributed by atoms with van der Waals surface area (Å²) in [5, 5.41) is 3.31. The van der Waals surface area contributed by atoms with Crippen LogP contribution in [0.2, 0.25) is 0 Å². The number of halogens is 1. The molecule has 0 saturated heterocycles. The first-order valence-electron chi connectivity index (χ1n) is 5.27. The van der Waals surface area contributed by atoms with E-state index in [9.17, 15) is 4.39 Å². The number of hydrogen-bond donors (Lipinski definition) is 1. The Labute approximate surface area is 90.4 Å². The zero-order valence-corrected chi connectivity index (χ0v) is 9.13. The molecule has 1 N–H and O–H groups in total. The summed E-state index contributed by atoms with van der Waals surface area (Å²) < 4.78 is 17.5. The molecule has 0 radical (unpaired) electrons. The van der Waals surface area contributed by atoms with Crippen molar-refractivity contribution < 1.29 is 9.13 Å². The van der Waals surface area contributed by atoms with Gasteiger partial charge in [0, 0.05) is 13.7 Å². The van der Waals surface area contributed by atoms with Crippen LogP contribution in [0.1, 0.15) is 12.0 Å². The van der Waals surface area contributed by atoms with Crippen LogP contribution in [0, 0.1) is 5.82 Å². The highest BCUT2D eigenvalue weighted by Gasteiger charge is 1.93. The van der Waals surface area contributed by atoms with Crippen molar-refractivity contribution in [3.63, 3.8) is 0 Å². The highest BCUT2D eigenvalue weighted by Crippen LogP contribution is 2.02. The molecule has 0 aliphatic carbocycles. The van der Waals surface area contributed by atoms with E-state index < -0.39 is 0 Å². The molecule has 0 saturated carbocycles. The van der Waals surface area contributed by atoms with Crippen molar-refractivity contribution in [1.29, 1.82) is 0 Å². The van der Waals surface area contributed by atoms with Gasteiger partial charge >= 0.3 is 0 Å². The van der Waals surface area contributed by atoms with Crippen molar-refractivity contribution >= 4 is 0 Å². The SMILES string of the molecule is COCCCNCCc1ccc(F)cc1. The molecule has 3 heteroatoms. The van der Waals surface area contributed by atoms with Crippen LogP contribution in [-0.4, -0.2) is 26.8 Å². The number of benzene rings is 1. The van der Waals surface area contributed by atoms with E-state index in [4.69, 9.17) is 4.74 Å². The molecule has 0 aromatic heterocycles. The summed E-state index contributed by atoms with van der Waals surface area (Å²) in [6.07, 6.45) is 1.97. The third-order valence-electron chi connectivity index (χ3n) is 2.21. The fraction of sp³-hybridized carbons (Fsp3) is 0.500. The molecule has 0 unspecified atom stereocenters. The Kier molecular flexibility index (Phi) is 5.97. The number of nitrogens with one attached hydrogen (secondary N) is 1. The first-order valence-corrected chi connectivity index (χ1v) is 5.27. The molecular formula is C12H18FNO. The Morgan fingerprint density at radius 2 is 1.93 bits per heavy atom. The number of rotatable bonds is 7. The van der Waals surface area contributed by atoms with Crippen molar-refractivity contribution in [3.8, 4) is 0 Å². The highest BCUT2D eigenvalue weighted by atomic mass is 19.1. The van der Waals surface area contributed by atoms with Crippen LogP contribution >= 0.6 is 0 Å². The molecule has 0 atom stereocenters. The third kappa shape index (κ3) is 5.50. The van der Waals surface area contributed by atoms with Crippen LogP contribution in [0.4, 0.5) is 4.39 Å². The maximum Gasteiger partial charge on any atom is 0.123 e. The predicted octanol–water partition coefficient (Wildman–Crippen LogP) is 1.99. The van der Waals surface area contributed by atoms with E-state index in [0.29, 0.717) is 0 Å². The van der Waals surface area contributed by atoms with E-state index in [-0.39, 0.29) is 5.82 Å². The molecule has 1 rings (SSSR count). The van der Waals surface area contributed by atoms with Crippen LogP contribution in [0.3, 0.4) is 0 Å². The van der Waals surface area contributed by atoms with E-state index in [1.165, 1.54) is 12.1 Å². The number of hydrogen-bond acceptors (Lipinski definition) is 2. The second-order valence-corrected chi connectivity index (χ2v) is 3.47. The minimum atomic E-state index is -0.174. The van der Waals surface area contributed by atoms with Gasteiger partial charge in [-0.15, -0.1) is 0 Å². The molecule has 0 bridgehead atoms. The second kappa shape index (κ2) is 7.37. The van der Waals surface area contributed by atoms with Crippen molar-refractivity contribution in [1.82, 2.24) is 5.32 Å². The fourth-order valence-corrected chi connectivity index (χ4v) is 1.35. The zero-order valence-electron chi connectivity index (χ0n) is 9.13. The van der Waals surface area contributed by atoms with E-state index in [0.717, 1.165) is 38.1 Å². The Bertz CT molecular complexity index is 261.